The van der Waals surface area contributed by atoms with E-state index in [4.69, 9.17) is 15.9 Å². The lowest BCUT2D eigenvalue weighted by Gasteiger charge is -2.27. The number of carbonyl (C=O) groups is 3. The molecular weight excluding hydrogens is 290 g/mol. The van der Waals surface area contributed by atoms with Crippen molar-refractivity contribution in [2.75, 3.05) is 13.2 Å². The molecule has 0 unspecified atom stereocenters. The number of hydrogen-bond donors (Lipinski definition) is 6. The first kappa shape index (κ1) is 19.6. The average molecular weight is 309 g/mol. The van der Waals surface area contributed by atoms with Gasteiger partial charge in [-0.25, -0.2) is 0 Å². The second-order valence-electron chi connectivity index (χ2n) is 4.30. The van der Waals surface area contributed by atoms with Crippen LogP contribution in [0.5, 0.6) is 0 Å². The standard InChI is InChI=1S/C11H19NO9/c1-4(15)7(17)10(21-11(20)5(12)2-13)9(19)8(18)6(16)3-14/h5-6,8-10,13-14,16,18-19H,2-3,12H2,1H3/t5-,6+,8-,9-,10-/m0/s1. The van der Waals surface area contributed by atoms with Crippen LogP contribution in [0.2, 0.25) is 0 Å². The predicted molar refractivity (Wildman–Crippen MR) is 65.7 cm³/mol. The molecule has 0 aliphatic carbocycles. The molecule has 0 heterocycles. The van der Waals surface area contributed by atoms with E-state index in [1.54, 1.807) is 0 Å². The normalized spacial score (nSPS) is 18.2. The Kier molecular flexibility index (Phi) is 8.17. The number of esters is 1. The van der Waals surface area contributed by atoms with Gasteiger partial charge in [0, 0.05) is 6.92 Å². The molecule has 0 aromatic heterocycles. The third-order valence-corrected chi connectivity index (χ3v) is 2.59. The van der Waals surface area contributed by atoms with E-state index in [-0.39, 0.29) is 0 Å². The maximum atomic E-state index is 11.6. The van der Waals surface area contributed by atoms with Gasteiger partial charge >= 0.3 is 5.97 Å². The van der Waals surface area contributed by atoms with Gasteiger partial charge in [0.05, 0.1) is 13.2 Å². The molecule has 0 aromatic carbocycles. The van der Waals surface area contributed by atoms with Crippen molar-refractivity contribution < 1.29 is 44.7 Å². The third-order valence-electron chi connectivity index (χ3n) is 2.59. The fourth-order valence-corrected chi connectivity index (χ4v) is 1.28. The lowest BCUT2D eigenvalue weighted by atomic mass is 9.98. The van der Waals surface area contributed by atoms with Gasteiger partial charge in [-0.15, -0.1) is 0 Å². The van der Waals surface area contributed by atoms with Crippen molar-refractivity contribution >= 4 is 17.5 Å². The van der Waals surface area contributed by atoms with Crippen LogP contribution in [-0.4, -0.2) is 86.7 Å². The second-order valence-corrected chi connectivity index (χ2v) is 4.30. The van der Waals surface area contributed by atoms with Gasteiger partial charge in [0.25, 0.3) is 0 Å². The maximum absolute atomic E-state index is 11.6. The monoisotopic (exact) mass is 309 g/mol. The predicted octanol–water partition coefficient (Wildman–Crippen LogP) is -4.55. The molecule has 7 N–H and O–H groups in total. The molecule has 10 nitrogen and oxygen atoms in total. The van der Waals surface area contributed by atoms with Crippen molar-refractivity contribution in [3.8, 4) is 0 Å². The zero-order chi connectivity index (χ0) is 16.7. The molecule has 0 fully saturated rings. The van der Waals surface area contributed by atoms with Crippen LogP contribution in [0.25, 0.3) is 0 Å². The number of hydrogen-bond acceptors (Lipinski definition) is 10. The summed E-state index contributed by atoms with van der Waals surface area (Å²) in [4.78, 5) is 34.0. The van der Waals surface area contributed by atoms with Crippen molar-refractivity contribution in [1.82, 2.24) is 0 Å². The molecule has 0 aliphatic rings. The minimum absolute atomic E-state index is 0.808. The van der Waals surface area contributed by atoms with Gasteiger partial charge in [-0.05, 0) is 0 Å². The molecule has 0 rings (SSSR count). The zero-order valence-electron chi connectivity index (χ0n) is 11.2. The Morgan fingerprint density at radius 1 is 1.05 bits per heavy atom. The van der Waals surface area contributed by atoms with E-state index in [1.807, 2.05) is 0 Å². The SMILES string of the molecule is CC(=O)C(=O)[C@H](OC(=O)[C@@H](N)CO)[C@@H](O)[C@@H](O)[C@H](O)CO. The summed E-state index contributed by atoms with van der Waals surface area (Å²) in [6.45, 7) is -0.905. The average Bonchev–Trinajstić information content (AvgIpc) is 2.48. The first-order chi connectivity index (χ1) is 9.67. The number of ketones is 2. The third kappa shape index (κ3) is 5.46. The topological polar surface area (TPSA) is 188 Å². The highest BCUT2D eigenvalue weighted by Gasteiger charge is 2.40. The quantitative estimate of drug-likeness (QED) is 0.179. The van der Waals surface area contributed by atoms with Crippen LogP contribution >= 0.6 is 0 Å². The first-order valence-corrected chi connectivity index (χ1v) is 5.94. The van der Waals surface area contributed by atoms with Crippen LogP contribution in [0.1, 0.15) is 6.92 Å². The lowest BCUT2D eigenvalue weighted by molar-refractivity contribution is -0.175. The van der Waals surface area contributed by atoms with Crippen molar-refractivity contribution in [2.24, 2.45) is 5.73 Å². The van der Waals surface area contributed by atoms with Crippen molar-refractivity contribution in [2.45, 2.75) is 37.4 Å². The Morgan fingerprint density at radius 3 is 1.95 bits per heavy atom. The molecule has 0 amide bonds. The second kappa shape index (κ2) is 8.77. The van der Waals surface area contributed by atoms with Gasteiger partial charge in [-0.2, -0.15) is 0 Å². The van der Waals surface area contributed by atoms with E-state index in [9.17, 15) is 29.7 Å². The largest absolute Gasteiger partial charge is 0.450 e. The van der Waals surface area contributed by atoms with Crippen LogP contribution in [0.3, 0.4) is 0 Å². The Bertz CT molecular complexity index is 386. The van der Waals surface area contributed by atoms with E-state index < -0.39 is 61.2 Å². The molecule has 122 valence electrons. The summed E-state index contributed by atoms with van der Waals surface area (Å²) in [7, 11) is 0. The number of carbonyl (C=O) groups excluding carboxylic acids is 3. The van der Waals surface area contributed by atoms with E-state index in [1.165, 1.54) is 0 Å². The van der Waals surface area contributed by atoms with Gasteiger partial charge in [0.15, 0.2) is 11.9 Å². The zero-order valence-corrected chi connectivity index (χ0v) is 11.2. The van der Waals surface area contributed by atoms with Crippen molar-refractivity contribution in [3.63, 3.8) is 0 Å². The molecule has 0 aromatic rings. The number of ether oxygens (including phenoxy) is 1. The molecule has 5 atom stereocenters. The van der Waals surface area contributed by atoms with E-state index in [0.29, 0.717) is 0 Å². The van der Waals surface area contributed by atoms with Crippen LogP contribution in [0.15, 0.2) is 0 Å². The van der Waals surface area contributed by atoms with Gasteiger partial charge in [0.1, 0.15) is 24.4 Å². The molecule has 21 heavy (non-hydrogen) atoms. The summed E-state index contributed by atoms with van der Waals surface area (Å²) in [5, 5.41) is 45.8. The highest BCUT2D eigenvalue weighted by Crippen LogP contribution is 2.11. The number of aliphatic hydroxyl groups excluding tert-OH is 5. The number of nitrogens with two attached hydrogens (primary N) is 1. The highest BCUT2D eigenvalue weighted by molar-refractivity contribution is 6.38. The van der Waals surface area contributed by atoms with E-state index >= 15 is 0 Å². The van der Waals surface area contributed by atoms with E-state index in [2.05, 4.69) is 4.74 Å². The molecule has 0 aliphatic heterocycles. The molecule has 0 saturated heterocycles. The minimum atomic E-state index is -2.17. The summed E-state index contributed by atoms with van der Waals surface area (Å²) >= 11 is 0. The number of rotatable bonds is 9. The van der Waals surface area contributed by atoms with Gasteiger partial charge in [0.2, 0.25) is 5.78 Å². The molecular formula is C11H19NO9. The molecule has 0 radical (unpaired) electrons. The van der Waals surface area contributed by atoms with Crippen LogP contribution in [-0.2, 0) is 19.1 Å². The number of aliphatic hydroxyl groups is 5. The Hall–Kier alpha value is -1.43. The van der Waals surface area contributed by atoms with Gasteiger partial charge < -0.3 is 36.0 Å². The Balaban J connectivity index is 5.19. The molecule has 0 spiro atoms. The lowest BCUT2D eigenvalue weighted by Crippen LogP contribution is -2.53. The van der Waals surface area contributed by atoms with Gasteiger partial charge in [-0.1, -0.05) is 0 Å². The van der Waals surface area contributed by atoms with Gasteiger partial charge in [-0.3, -0.25) is 14.4 Å². The fraction of sp³-hybridized carbons (Fsp3) is 0.727. The van der Waals surface area contributed by atoms with Crippen molar-refractivity contribution in [3.05, 3.63) is 0 Å². The number of Topliss-reactive ketones (excluding diaryl/α,β-unsaturated/α-hetero) is 2. The Morgan fingerprint density at radius 2 is 1.57 bits per heavy atom. The summed E-state index contributed by atoms with van der Waals surface area (Å²) in [6, 6.07) is -1.51. The molecule has 10 heteroatoms. The summed E-state index contributed by atoms with van der Waals surface area (Å²) < 4.78 is 4.51. The molecule has 0 bridgehead atoms. The van der Waals surface area contributed by atoms with Crippen LogP contribution in [0.4, 0.5) is 0 Å². The van der Waals surface area contributed by atoms with Crippen LogP contribution < -0.4 is 5.73 Å². The fourth-order valence-electron chi connectivity index (χ4n) is 1.28. The molecule has 0 saturated carbocycles. The minimum Gasteiger partial charge on any atom is -0.450 e. The van der Waals surface area contributed by atoms with E-state index in [0.717, 1.165) is 6.92 Å². The smallest absolute Gasteiger partial charge is 0.326 e. The Labute approximate surface area is 119 Å². The first-order valence-electron chi connectivity index (χ1n) is 5.94. The summed E-state index contributed by atoms with van der Waals surface area (Å²) in [6.07, 6.45) is -8.17. The van der Waals surface area contributed by atoms with Crippen molar-refractivity contribution in [1.29, 1.82) is 0 Å². The van der Waals surface area contributed by atoms with Crippen LogP contribution in [0, 0.1) is 0 Å². The summed E-state index contributed by atoms with van der Waals surface area (Å²) in [5.41, 5.74) is 5.15. The highest BCUT2D eigenvalue weighted by atomic mass is 16.6. The maximum Gasteiger partial charge on any atom is 0.326 e. The summed E-state index contributed by atoms with van der Waals surface area (Å²) in [5.74, 6) is -3.71.